The highest BCUT2D eigenvalue weighted by Gasteiger charge is 2.34. The van der Waals surface area contributed by atoms with Gasteiger partial charge in [0.15, 0.2) is 0 Å². The highest BCUT2D eigenvalue weighted by Crippen LogP contribution is 2.27. The molecule has 2 unspecified atom stereocenters. The van der Waals surface area contributed by atoms with Crippen LogP contribution in [0.4, 0.5) is 10.5 Å². The summed E-state index contributed by atoms with van der Waals surface area (Å²) >= 11 is 0. The van der Waals surface area contributed by atoms with Crippen molar-refractivity contribution in [1.82, 2.24) is 10.2 Å². The quantitative estimate of drug-likeness (QED) is 0.865. The average molecular weight is 275 g/mol. The average Bonchev–Trinajstić information content (AvgIpc) is 2.94. The first-order valence-electron chi connectivity index (χ1n) is 7.17. The number of nitrogens with one attached hydrogen (secondary N) is 2. The molecule has 2 amide bonds. The maximum atomic E-state index is 12.3. The molecular formula is C15H21N3O2. The van der Waals surface area contributed by atoms with Crippen LogP contribution in [0.2, 0.25) is 0 Å². The van der Waals surface area contributed by atoms with Gasteiger partial charge < -0.3 is 20.3 Å². The number of urea groups is 1. The number of nitrogens with zero attached hydrogens (tertiary/aromatic N) is 1. The van der Waals surface area contributed by atoms with Crippen LogP contribution in [0.15, 0.2) is 24.3 Å². The van der Waals surface area contributed by atoms with Crippen molar-refractivity contribution < 1.29 is 9.53 Å². The number of hydrogen-bond acceptors (Lipinski definition) is 3. The van der Waals surface area contributed by atoms with Crippen LogP contribution in [0.1, 0.15) is 6.42 Å². The van der Waals surface area contributed by atoms with Crippen molar-refractivity contribution in [1.29, 1.82) is 0 Å². The molecule has 2 aliphatic rings. The zero-order valence-corrected chi connectivity index (χ0v) is 11.8. The molecule has 20 heavy (non-hydrogen) atoms. The molecule has 0 aromatic heterocycles. The topological polar surface area (TPSA) is 53.6 Å². The molecule has 1 aromatic rings. The molecule has 1 aromatic carbocycles. The molecular weight excluding hydrogens is 254 g/mol. The summed E-state index contributed by atoms with van der Waals surface area (Å²) in [7, 11) is 1.62. The van der Waals surface area contributed by atoms with E-state index in [0.29, 0.717) is 5.92 Å². The van der Waals surface area contributed by atoms with E-state index in [-0.39, 0.29) is 6.03 Å². The summed E-state index contributed by atoms with van der Waals surface area (Å²) in [6, 6.07) is 7.45. The van der Waals surface area contributed by atoms with Gasteiger partial charge in [0, 0.05) is 24.8 Å². The van der Waals surface area contributed by atoms with Crippen molar-refractivity contribution >= 4 is 11.7 Å². The number of benzene rings is 1. The Hall–Kier alpha value is -1.75. The third kappa shape index (κ3) is 2.72. The van der Waals surface area contributed by atoms with Crippen molar-refractivity contribution in [2.75, 3.05) is 38.6 Å². The van der Waals surface area contributed by atoms with E-state index in [0.717, 1.165) is 50.0 Å². The van der Waals surface area contributed by atoms with E-state index >= 15 is 0 Å². The molecule has 0 spiro atoms. The molecule has 2 saturated heterocycles. The second-order valence-corrected chi connectivity index (χ2v) is 5.58. The van der Waals surface area contributed by atoms with Crippen LogP contribution in [0, 0.1) is 11.8 Å². The van der Waals surface area contributed by atoms with Gasteiger partial charge in [-0.1, -0.05) is 6.07 Å². The molecule has 0 radical (unpaired) electrons. The summed E-state index contributed by atoms with van der Waals surface area (Å²) in [5.74, 6) is 2.11. The van der Waals surface area contributed by atoms with Gasteiger partial charge in [0.1, 0.15) is 5.75 Å². The predicted octanol–water partition coefficient (Wildman–Crippen LogP) is 1.77. The molecule has 2 aliphatic heterocycles. The number of carbonyl (C=O) groups excluding carboxylic acids is 1. The number of fused-ring (bicyclic) bond motifs is 1. The smallest absolute Gasteiger partial charge is 0.321 e. The van der Waals surface area contributed by atoms with Crippen LogP contribution < -0.4 is 15.4 Å². The monoisotopic (exact) mass is 275 g/mol. The molecule has 5 heteroatoms. The van der Waals surface area contributed by atoms with Crippen LogP contribution in [0.5, 0.6) is 5.75 Å². The van der Waals surface area contributed by atoms with Gasteiger partial charge in [-0.25, -0.2) is 4.79 Å². The first-order valence-corrected chi connectivity index (χ1v) is 7.17. The third-order valence-corrected chi connectivity index (χ3v) is 4.31. The van der Waals surface area contributed by atoms with Crippen LogP contribution in [0.3, 0.4) is 0 Å². The van der Waals surface area contributed by atoms with E-state index in [2.05, 4.69) is 10.6 Å². The Bertz CT molecular complexity index is 492. The molecule has 3 rings (SSSR count). The standard InChI is InChI=1S/C15H21N3O2/c1-20-14-4-2-3-13(7-14)17-15(19)18-6-5-11-8-16-9-12(11)10-18/h2-4,7,11-12,16H,5-6,8-10H2,1H3,(H,17,19). The van der Waals surface area contributed by atoms with Gasteiger partial charge in [-0.3, -0.25) is 0 Å². The SMILES string of the molecule is COc1cccc(NC(=O)N2CCC3CNCC3C2)c1. The van der Waals surface area contributed by atoms with Crippen LogP contribution in [0.25, 0.3) is 0 Å². The largest absolute Gasteiger partial charge is 0.497 e. The van der Waals surface area contributed by atoms with Gasteiger partial charge in [-0.05, 0) is 43.5 Å². The maximum Gasteiger partial charge on any atom is 0.321 e. The Balaban J connectivity index is 1.61. The summed E-state index contributed by atoms with van der Waals surface area (Å²) in [5.41, 5.74) is 0.779. The summed E-state index contributed by atoms with van der Waals surface area (Å²) in [4.78, 5) is 14.2. The number of ether oxygens (including phenoxy) is 1. The van der Waals surface area contributed by atoms with Gasteiger partial charge in [0.2, 0.25) is 0 Å². The summed E-state index contributed by atoms with van der Waals surface area (Å²) in [6.07, 6.45) is 1.10. The van der Waals surface area contributed by atoms with Gasteiger partial charge in [0.25, 0.3) is 0 Å². The summed E-state index contributed by atoms with van der Waals surface area (Å²) < 4.78 is 5.17. The second-order valence-electron chi connectivity index (χ2n) is 5.58. The van der Waals surface area contributed by atoms with Crippen molar-refractivity contribution in [2.24, 2.45) is 11.8 Å². The molecule has 2 fully saturated rings. The van der Waals surface area contributed by atoms with E-state index in [1.807, 2.05) is 29.2 Å². The Kier molecular flexibility index (Phi) is 3.78. The van der Waals surface area contributed by atoms with Gasteiger partial charge in [-0.2, -0.15) is 0 Å². The molecule has 0 bridgehead atoms. The van der Waals surface area contributed by atoms with Crippen LogP contribution in [-0.4, -0.2) is 44.2 Å². The normalized spacial score (nSPS) is 25.1. The number of anilines is 1. The van der Waals surface area contributed by atoms with E-state index in [1.54, 1.807) is 7.11 Å². The number of piperidine rings is 1. The molecule has 0 saturated carbocycles. The number of amides is 2. The lowest BCUT2D eigenvalue weighted by Crippen LogP contribution is -2.45. The minimum Gasteiger partial charge on any atom is -0.497 e. The second kappa shape index (κ2) is 5.71. The highest BCUT2D eigenvalue weighted by atomic mass is 16.5. The lowest BCUT2D eigenvalue weighted by molar-refractivity contribution is 0.161. The zero-order chi connectivity index (χ0) is 13.9. The first-order chi connectivity index (χ1) is 9.76. The molecule has 0 aliphatic carbocycles. The Morgan fingerprint density at radius 1 is 1.40 bits per heavy atom. The summed E-state index contributed by atoms with van der Waals surface area (Å²) in [5, 5.41) is 6.37. The third-order valence-electron chi connectivity index (χ3n) is 4.31. The molecule has 5 nitrogen and oxygen atoms in total. The highest BCUT2D eigenvalue weighted by molar-refractivity contribution is 5.89. The number of hydrogen-bond donors (Lipinski definition) is 2. The Labute approximate surface area is 119 Å². The predicted molar refractivity (Wildman–Crippen MR) is 78.1 cm³/mol. The lowest BCUT2D eigenvalue weighted by Gasteiger charge is -2.34. The fourth-order valence-corrected chi connectivity index (χ4v) is 3.12. The minimum absolute atomic E-state index is 0.0106. The fourth-order valence-electron chi connectivity index (χ4n) is 3.12. The van der Waals surface area contributed by atoms with Crippen LogP contribution in [-0.2, 0) is 0 Å². The number of likely N-dealkylation sites (tertiary alicyclic amines) is 1. The van der Waals surface area contributed by atoms with E-state index in [1.165, 1.54) is 0 Å². The molecule has 2 N–H and O–H groups in total. The van der Waals surface area contributed by atoms with Crippen molar-refractivity contribution in [3.05, 3.63) is 24.3 Å². The Morgan fingerprint density at radius 3 is 3.10 bits per heavy atom. The first kappa shape index (κ1) is 13.2. The molecule has 2 heterocycles. The van der Waals surface area contributed by atoms with Gasteiger partial charge >= 0.3 is 6.03 Å². The fraction of sp³-hybridized carbons (Fsp3) is 0.533. The number of methoxy groups -OCH3 is 1. The van der Waals surface area contributed by atoms with Crippen LogP contribution >= 0.6 is 0 Å². The maximum absolute atomic E-state index is 12.3. The molecule has 2 atom stereocenters. The number of carbonyl (C=O) groups is 1. The molecule has 108 valence electrons. The summed E-state index contributed by atoms with van der Waals surface area (Å²) in [6.45, 7) is 3.84. The number of rotatable bonds is 2. The van der Waals surface area contributed by atoms with E-state index in [9.17, 15) is 4.79 Å². The van der Waals surface area contributed by atoms with Crippen molar-refractivity contribution in [3.8, 4) is 5.75 Å². The lowest BCUT2D eigenvalue weighted by atomic mass is 9.89. The van der Waals surface area contributed by atoms with Crippen molar-refractivity contribution in [2.45, 2.75) is 6.42 Å². The van der Waals surface area contributed by atoms with Gasteiger partial charge in [-0.15, -0.1) is 0 Å². The zero-order valence-electron chi connectivity index (χ0n) is 11.8. The van der Waals surface area contributed by atoms with Gasteiger partial charge in [0.05, 0.1) is 7.11 Å². The van der Waals surface area contributed by atoms with E-state index in [4.69, 9.17) is 4.74 Å². The Morgan fingerprint density at radius 2 is 2.25 bits per heavy atom. The van der Waals surface area contributed by atoms with E-state index < -0.39 is 0 Å². The van der Waals surface area contributed by atoms with Crippen molar-refractivity contribution in [3.63, 3.8) is 0 Å². The minimum atomic E-state index is -0.0106.